The number of aromatic nitrogens is 3. The zero-order valence-corrected chi connectivity index (χ0v) is 15.2. The number of amides is 1. The Morgan fingerprint density at radius 1 is 1.40 bits per heavy atom. The van der Waals surface area contributed by atoms with Crippen LogP contribution in [0.5, 0.6) is 0 Å². The lowest BCUT2D eigenvalue weighted by molar-refractivity contribution is -0.175. The van der Waals surface area contributed by atoms with E-state index in [1.807, 2.05) is 14.0 Å². The Morgan fingerprint density at radius 2 is 2.16 bits per heavy atom. The van der Waals surface area contributed by atoms with E-state index in [2.05, 4.69) is 15.4 Å². The van der Waals surface area contributed by atoms with E-state index in [1.54, 1.807) is 4.68 Å². The third-order valence-corrected chi connectivity index (χ3v) is 6.04. The average Bonchev–Trinajstić information content (AvgIpc) is 3.40. The van der Waals surface area contributed by atoms with Gasteiger partial charge < -0.3 is 14.8 Å². The molecule has 0 radical (unpaired) electrons. The Kier molecular flexibility index (Phi) is 4.54. The third-order valence-electron chi connectivity index (χ3n) is 6.04. The number of hydrogen-bond acceptors (Lipinski definition) is 5. The molecule has 25 heavy (non-hydrogen) atoms. The normalized spacial score (nSPS) is 27.9. The molecule has 1 N–H and O–H groups in total. The zero-order chi connectivity index (χ0) is 17.4. The number of carbonyl (C=O) groups is 1. The number of nitrogens with one attached hydrogen (secondary N) is 1. The maximum absolute atomic E-state index is 12.6. The average molecular weight is 348 g/mol. The molecule has 7 heteroatoms. The second kappa shape index (κ2) is 6.68. The van der Waals surface area contributed by atoms with E-state index < -0.39 is 0 Å². The molecule has 138 valence electrons. The van der Waals surface area contributed by atoms with Crippen LogP contribution in [-0.2, 0) is 27.7 Å². The lowest BCUT2D eigenvalue weighted by Gasteiger charge is -2.57. The third kappa shape index (κ3) is 3.19. The summed E-state index contributed by atoms with van der Waals surface area (Å²) in [5.41, 5.74) is 0.0446. The summed E-state index contributed by atoms with van der Waals surface area (Å²) in [6.07, 6.45) is 5.67. The molecule has 0 aromatic carbocycles. The first-order valence-electron chi connectivity index (χ1n) is 9.51. The molecular formula is C18H28N4O3. The Labute approximate surface area is 148 Å². The molecule has 0 bridgehead atoms. The summed E-state index contributed by atoms with van der Waals surface area (Å²) in [5, 5.41) is 7.69. The van der Waals surface area contributed by atoms with Gasteiger partial charge in [0.15, 0.2) is 5.82 Å². The molecule has 2 heterocycles. The van der Waals surface area contributed by atoms with Crippen LogP contribution in [0.2, 0.25) is 0 Å². The Balaban J connectivity index is 1.38. The lowest BCUT2D eigenvalue weighted by Crippen LogP contribution is -2.66. The van der Waals surface area contributed by atoms with Crippen molar-refractivity contribution < 1.29 is 14.3 Å². The maximum Gasteiger partial charge on any atom is 0.227 e. The molecule has 3 fully saturated rings. The molecule has 1 spiro atoms. The van der Waals surface area contributed by atoms with Gasteiger partial charge in [-0.3, -0.25) is 9.48 Å². The van der Waals surface area contributed by atoms with Crippen LogP contribution in [0, 0.1) is 5.41 Å². The highest BCUT2D eigenvalue weighted by molar-refractivity contribution is 5.78. The minimum atomic E-state index is 0.0312. The van der Waals surface area contributed by atoms with Crippen molar-refractivity contribution in [2.75, 3.05) is 19.8 Å². The molecule has 1 aliphatic heterocycles. The van der Waals surface area contributed by atoms with Gasteiger partial charge in [-0.1, -0.05) is 0 Å². The topological polar surface area (TPSA) is 78.3 Å². The lowest BCUT2D eigenvalue weighted by atomic mass is 9.57. The highest BCUT2D eigenvalue weighted by atomic mass is 16.5. The maximum atomic E-state index is 12.6. The van der Waals surface area contributed by atoms with E-state index in [-0.39, 0.29) is 23.5 Å². The summed E-state index contributed by atoms with van der Waals surface area (Å²) < 4.78 is 13.2. The van der Waals surface area contributed by atoms with Crippen molar-refractivity contribution in [1.29, 1.82) is 0 Å². The SMILES string of the molecule is CCO[C@@H]1C[C@@H](NC(=O)Cc2nc(C3CC3)nn2C)C12CCOCC2. The van der Waals surface area contributed by atoms with Crippen molar-refractivity contribution in [2.45, 2.75) is 63.5 Å². The predicted molar refractivity (Wildman–Crippen MR) is 91.1 cm³/mol. The molecule has 0 unspecified atom stereocenters. The van der Waals surface area contributed by atoms with Gasteiger partial charge >= 0.3 is 0 Å². The number of nitrogens with zero attached hydrogens (tertiary/aromatic N) is 3. The summed E-state index contributed by atoms with van der Waals surface area (Å²) in [5.74, 6) is 2.18. The van der Waals surface area contributed by atoms with Crippen molar-refractivity contribution in [3.05, 3.63) is 11.6 Å². The van der Waals surface area contributed by atoms with Gasteiger partial charge in [0.2, 0.25) is 5.91 Å². The van der Waals surface area contributed by atoms with Gasteiger partial charge in [-0.05, 0) is 39.0 Å². The summed E-state index contributed by atoms with van der Waals surface area (Å²) in [7, 11) is 1.87. The largest absolute Gasteiger partial charge is 0.381 e. The molecule has 7 nitrogen and oxygen atoms in total. The number of ether oxygens (including phenoxy) is 2. The van der Waals surface area contributed by atoms with Gasteiger partial charge in [0, 0.05) is 44.2 Å². The first kappa shape index (κ1) is 17.0. The first-order chi connectivity index (χ1) is 12.1. The fourth-order valence-corrected chi connectivity index (χ4v) is 4.30. The van der Waals surface area contributed by atoms with Gasteiger partial charge in [0.1, 0.15) is 5.82 Å². The van der Waals surface area contributed by atoms with Crippen molar-refractivity contribution in [3.8, 4) is 0 Å². The van der Waals surface area contributed by atoms with Crippen LogP contribution < -0.4 is 5.32 Å². The van der Waals surface area contributed by atoms with E-state index in [4.69, 9.17) is 9.47 Å². The molecule has 1 saturated heterocycles. The van der Waals surface area contributed by atoms with E-state index in [9.17, 15) is 4.79 Å². The zero-order valence-electron chi connectivity index (χ0n) is 15.2. The van der Waals surface area contributed by atoms with Gasteiger partial charge in [0.05, 0.1) is 12.5 Å². The predicted octanol–water partition coefficient (Wildman–Crippen LogP) is 1.33. The Hall–Kier alpha value is -1.47. The van der Waals surface area contributed by atoms with Crippen LogP contribution in [0.15, 0.2) is 0 Å². The standard InChI is InChI=1S/C18H28N4O3/c1-3-25-14-10-13(18(14)6-8-24-9-7-18)19-16(23)11-15-20-17(12-4-5-12)21-22(15)2/h12-14H,3-11H2,1-2H3,(H,19,23)/t13-,14-/m1/s1. The molecule has 1 amide bonds. The Bertz CT molecular complexity index is 634. The van der Waals surface area contributed by atoms with Crippen LogP contribution >= 0.6 is 0 Å². The van der Waals surface area contributed by atoms with Crippen LogP contribution in [-0.4, -0.2) is 52.6 Å². The Morgan fingerprint density at radius 3 is 2.84 bits per heavy atom. The number of aryl methyl sites for hydroxylation is 1. The quantitative estimate of drug-likeness (QED) is 0.839. The van der Waals surface area contributed by atoms with Crippen LogP contribution in [0.25, 0.3) is 0 Å². The smallest absolute Gasteiger partial charge is 0.227 e. The fraction of sp³-hybridized carbons (Fsp3) is 0.833. The van der Waals surface area contributed by atoms with Crippen molar-refractivity contribution in [1.82, 2.24) is 20.1 Å². The van der Waals surface area contributed by atoms with Gasteiger partial charge in [-0.15, -0.1) is 0 Å². The van der Waals surface area contributed by atoms with Gasteiger partial charge in [-0.25, -0.2) is 4.98 Å². The fourth-order valence-electron chi connectivity index (χ4n) is 4.30. The second-order valence-electron chi connectivity index (χ2n) is 7.61. The molecule has 2 saturated carbocycles. The number of rotatable bonds is 6. The van der Waals surface area contributed by atoms with Gasteiger partial charge in [-0.2, -0.15) is 5.10 Å². The minimum absolute atomic E-state index is 0.0312. The molecule has 1 aromatic rings. The van der Waals surface area contributed by atoms with Crippen LogP contribution in [0.4, 0.5) is 0 Å². The van der Waals surface area contributed by atoms with Gasteiger partial charge in [0.25, 0.3) is 0 Å². The monoisotopic (exact) mass is 348 g/mol. The van der Waals surface area contributed by atoms with Crippen molar-refractivity contribution in [3.63, 3.8) is 0 Å². The van der Waals surface area contributed by atoms with E-state index >= 15 is 0 Å². The summed E-state index contributed by atoms with van der Waals surface area (Å²) in [4.78, 5) is 17.1. The molecule has 4 rings (SSSR count). The van der Waals surface area contributed by atoms with Crippen LogP contribution in [0.1, 0.15) is 56.6 Å². The number of carbonyl (C=O) groups excluding carboxylic acids is 1. The minimum Gasteiger partial charge on any atom is -0.381 e. The molecule has 3 aliphatic rings. The summed E-state index contributed by atoms with van der Waals surface area (Å²) in [6.45, 7) is 4.26. The summed E-state index contributed by atoms with van der Waals surface area (Å²) in [6, 6.07) is 0.177. The van der Waals surface area contributed by atoms with Crippen LogP contribution in [0.3, 0.4) is 0 Å². The molecule has 2 aliphatic carbocycles. The molecular weight excluding hydrogens is 320 g/mol. The first-order valence-corrected chi connectivity index (χ1v) is 9.51. The van der Waals surface area contributed by atoms with E-state index in [0.29, 0.717) is 12.3 Å². The summed E-state index contributed by atoms with van der Waals surface area (Å²) >= 11 is 0. The highest BCUT2D eigenvalue weighted by Crippen LogP contribution is 2.50. The van der Waals surface area contributed by atoms with E-state index in [0.717, 1.165) is 50.7 Å². The molecule has 1 aromatic heterocycles. The second-order valence-corrected chi connectivity index (χ2v) is 7.61. The van der Waals surface area contributed by atoms with Crippen molar-refractivity contribution in [2.24, 2.45) is 12.5 Å². The van der Waals surface area contributed by atoms with E-state index in [1.165, 1.54) is 12.8 Å². The van der Waals surface area contributed by atoms with Crippen molar-refractivity contribution >= 4 is 5.91 Å². The number of hydrogen-bond donors (Lipinski definition) is 1. The highest BCUT2D eigenvalue weighted by Gasteiger charge is 2.56. The molecule has 2 atom stereocenters.